The van der Waals surface area contributed by atoms with E-state index in [9.17, 15) is 23.3 Å². The molecule has 0 saturated heterocycles. The SMILES string of the molecule is CCS(=O)(=O)CN1C(=O)CN=C(c2ccccc2)c2cc([N+](=O)[O-])ccc21. The van der Waals surface area contributed by atoms with Gasteiger partial charge >= 0.3 is 0 Å². The van der Waals surface area contributed by atoms with Crippen molar-refractivity contribution in [1.29, 1.82) is 0 Å². The van der Waals surface area contributed by atoms with Crippen LogP contribution < -0.4 is 4.90 Å². The van der Waals surface area contributed by atoms with Crippen LogP contribution in [0.4, 0.5) is 11.4 Å². The molecule has 0 aromatic heterocycles. The van der Waals surface area contributed by atoms with Gasteiger partial charge in [0.2, 0.25) is 5.91 Å². The number of carbonyl (C=O) groups is 1. The van der Waals surface area contributed by atoms with Gasteiger partial charge in [0.05, 0.1) is 16.3 Å². The van der Waals surface area contributed by atoms with E-state index >= 15 is 0 Å². The maximum atomic E-state index is 12.6. The Balaban J connectivity index is 2.21. The molecule has 0 fully saturated rings. The zero-order chi connectivity index (χ0) is 19.6. The molecule has 0 bridgehead atoms. The lowest BCUT2D eigenvalue weighted by Crippen LogP contribution is -2.37. The Bertz CT molecular complexity index is 1030. The molecule has 1 heterocycles. The molecule has 27 heavy (non-hydrogen) atoms. The molecule has 3 rings (SSSR count). The number of carbonyl (C=O) groups excluding carboxylic acids is 1. The number of benzene rings is 2. The van der Waals surface area contributed by atoms with Crippen molar-refractivity contribution < 1.29 is 18.1 Å². The number of fused-ring (bicyclic) bond motifs is 1. The van der Waals surface area contributed by atoms with Crippen molar-refractivity contribution in [1.82, 2.24) is 0 Å². The normalized spacial score (nSPS) is 14.3. The molecule has 0 saturated carbocycles. The van der Waals surface area contributed by atoms with Crippen molar-refractivity contribution in [2.45, 2.75) is 6.92 Å². The number of nitro benzene ring substituents is 1. The number of benzodiazepines with no additional fused rings is 1. The van der Waals surface area contributed by atoms with Crippen LogP contribution >= 0.6 is 0 Å². The number of anilines is 1. The van der Waals surface area contributed by atoms with Crippen LogP contribution in [0, 0.1) is 10.1 Å². The monoisotopic (exact) mass is 387 g/mol. The van der Waals surface area contributed by atoms with Gasteiger partial charge in [-0.05, 0) is 6.07 Å². The number of amides is 1. The first-order valence-electron chi connectivity index (χ1n) is 8.22. The van der Waals surface area contributed by atoms with Gasteiger partial charge < -0.3 is 0 Å². The molecular weight excluding hydrogens is 370 g/mol. The number of nitro groups is 1. The molecule has 1 aliphatic heterocycles. The van der Waals surface area contributed by atoms with Crippen molar-refractivity contribution in [2.75, 3.05) is 23.1 Å². The van der Waals surface area contributed by atoms with Crippen LogP contribution in [0.25, 0.3) is 0 Å². The average Bonchev–Trinajstić information content (AvgIpc) is 2.79. The van der Waals surface area contributed by atoms with Gasteiger partial charge in [0, 0.05) is 29.0 Å². The first-order chi connectivity index (χ1) is 12.8. The van der Waals surface area contributed by atoms with Gasteiger partial charge in [0.25, 0.3) is 5.69 Å². The molecule has 140 valence electrons. The number of rotatable bonds is 5. The Kier molecular flexibility index (Phi) is 5.04. The van der Waals surface area contributed by atoms with Crippen LogP contribution in [-0.4, -0.2) is 43.1 Å². The highest BCUT2D eigenvalue weighted by molar-refractivity contribution is 7.91. The topological polar surface area (TPSA) is 110 Å². The standard InChI is InChI=1S/C18H17N3O5S/c1-2-27(25,26)12-20-16-9-8-14(21(23)24)10-15(16)18(19-11-17(20)22)13-6-4-3-5-7-13/h3-10H,2,11-12H2,1H3. The second-order valence-electron chi connectivity index (χ2n) is 5.97. The Morgan fingerprint density at radius 1 is 1.19 bits per heavy atom. The highest BCUT2D eigenvalue weighted by atomic mass is 32.2. The summed E-state index contributed by atoms with van der Waals surface area (Å²) >= 11 is 0. The molecule has 0 N–H and O–H groups in total. The van der Waals surface area contributed by atoms with Crippen LogP contribution in [0.2, 0.25) is 0 Å². The highest BCUT2D eigenvalue weighted by Gasteiger charge is 2.29. The van der Waals surface area contributed by atoms with Gasteiger partial charge in [-0.3, -0.25) is 24.8 Å². The zero-order valence-corrected chi connectivity index (χ0v) is 15.3. The van der Waals surface area contributed by atoms with Crippen LogP contribution in [0.5, 0.6) is 0 Å². The largest absolute Gasteiger partial charge is 0.295 e. The van der Waals surface area contributed by atoms with E-state index in [-0.39, 0.29) is 18.0 Å². The summed E-state index contributed by atoms with van der Waals surface area (Å²) in [5, 5.41) is 11.2. The van der Waals surface area contributed by atoms with Crippen LogP contribution in [0.1, 0.15) is 18.1 Å². The Labute approximate surface area is 156 Å². The van der Waals surface area contributed by atoms with Gasteiger partial charge in [0.15, 0.2) is 9.84 Å². The molecule has 0 spiro atoms. The number of nitrogens with zero attached hydrogens (tertiary/aromatic N) is 3. The lowest BCUT2D eigenvalue weighted by Gasteiger charge is -2.22. The summed E-state index contributed by atoms with van der Waals surface area (Å²) in [5.74, 6) is -1.09. The van der Waals surface area contributed by atoms with E-state index in [1.54, 1.807) is 24.3 Å². The second-order valence-corrected chi connectivity index (χ2v) is 8.30. The van der Waals surface area contributed by atoms with Gasteiger partial charge in [-0.15, -0.1) is 0 Å². The quantitative estimate of drug-likeness (QED) is 0.577. The lowest BCUT2D eigenvalue weighted by molar-refractivity contribution is -0.384. The van der Waals surface area contributed by atoms with Gasteiger partial charge in [0.1, 0.15) is 12.4 Å². The first kappa shape index (κ1) is 18.7. The molecule has 2 aromatic carbocycles. The minimum absolute atomic E-state index is 0.120. The number of non-ortho nitro benzene ring substituents is 1. The molecule has 8 nitrogen and oxygen atoms in total. The van der Waals surface area contributed by atoms with E-state index in [0.29, 0.717) is 22.5 Å². The fourth-order valence-corrected chi connectivity index (χ4v) is 3.65. The van der Waals surface area contributed by atoms with Crippen LogP contribution in [0.3, 0.4) is 0 Å². The third-order valence-electron chi connectivity index (χ3n) is 4.22. The van der Waals surface area contributed by atoms with Crippen molar-refractivity contribution in [2.24, 2.45) is 4.99 Å². The highest BCUT2D eigenvalue weighted by Crippen LogP contribution is 2.30. The molecule has 1 amide bonds. The van der Waals surface area contributed by atoms with Gasteiger partial charge in [-0.25, -0.2) is 8.42 Å². The minimum atomic E-state index is -3.50. The number of hydrogen-bond donors (Lipinski definition) is 0. The lowest BCUT2D eigenvalue weighted by atomic mass is 9.99. The fraction of sp³-hybridized carbons (Fsp3) is 0.222. The van der Waals surface area contributed by atoms with Crippen LogP contribution in [-0.2, 0) is 14.6 Å². The number of aliphatic imine (C=N–C) groups is 1. The van der Waals surface area contributed by atoms with Crippen molar-refractivity contribution in [3.8, 4) is 0 Å². The summed E-state index contributed by atoms with van der Waals surface area (Å²) in [4.78, 5) is 28.7. The average molecular weight is 387 g/mol. The molecule has 0 radical (unpaired) electrons. The first-order valence-corrected chi connectivity index (χ1v) is 10.0. The third-order valence-corrected chi connectivity index (χ3v) is 5.75. The fourth-order valence-electron chi connectivity index (χ4n) is 2.79. The van der Waals surface area contributed by atoms with Crippen molar-refractivity contribution in [3.63, 3.8) is 0 Å². The molecular formula is C18H17N3O5S. The molecule has 2 aromatic rings. The van der Waals surface area contributed by atoms with Crippen molar-refractivity contribution in [3.05, 3.63) is 69.8 Å². The summed E-state index contributed by atoms with van der Waals surface area (Å²) in [6, 6.07) is 13.0. The zero-order valence-electron chi connectivity index (χ0n) is 14.5. The van der Waals surface area contributed by atoms with E-state index in [1.165, 1.54) is 25.1 Å². The molecule has 9 heteroatoms. The Morgan fingerprint density at radius 3 is 2.52 bits per heavy atom. The van der Waals surface area contributed by atoms with E-state index in [1.807, 2.05) is 6.07 Å². The molecule has 0 aliphatic carbocycles. The van der Waals surface area contributed by atoms with Gasteiger partial charge in [-0.1, -0.05) is 37.3 Å². The Morgan fingerprint density at radius 2 is 1.89 bits per heavy atom. The molecule has 0 atom stereocenters. The maximum Gasteiger partial charge on any atom is 0.270 e. The smallest absolute Gasteiger partial charge is 0.270 e. The molecule has 1 aliphatic rings. The summed E-state index contributed by atoms with van der Waals surface area (Å²) in [7, 11) is -3.50. The number of sulfone groups is 1. The summed E-state index contributed by atoms with van der Waals surface area (Å²) < 4.78 is 24.2. The van der Waals surface area contributed by atoms with Crippen molar-refractivity contribution >= 4 is 32.8 Å². The predicted octanol–water partition coefficient (Wildman–Crippen LogP) is 2.17. The Hall–Kier alpha value is -3.07. The number of hydrogen-bond acceptors (Lipinski definition) is 6. The minimum Gasteiger partial charge on any atom is -0.295 e. The van der Waals surface area contributed by atoms with E-state index in [2.05, 4.69) is 4.99 Å². The van der Waals surface area contributed by atoms with E-state index in [4.69, 9.17) is 0 Å². The summed E-state index contributed by atoms with van der Waals surface area (Å²) in [6.07, 6.45) is 0. The van der Waals surface area contributed by atoms with Crippen LogP contribution in [0.15, 0.2) is 53.5 Å². The van der Waals surface area contributed by atoms with Gasteiger partial charge in [-0.2, -0.15) is 0 Å². The third kappa shape index (κ3) is 3.87. The maximum absolute atomic E-state index is 12.6. The summed E-state index contributed by atoms with van der Waals surface area (Å²) in [5.41, 5.74) is 1.59. The van der Waals surface area contributed by atoms with E-state index in [0.717, 1.165) is 4.90 Å². The summed E-state index contributed by atoms with van der Waals surface area (Å²) in [6.45, 7) is 1.26. The predicted molar refractivity (Wildman–Crippen MR) is 102 cm³/mol. The molecule has 0 unspecified atom stereocenters. The second kappa shape index (κ2) is 7.28. The van der Waals surface area contributed by atoms with E-state index < -0.39 is 26.5 Å².